The molecule has 1 N–H and O–H groups in total. The van der Waals surface area contributed by atoms with Crippen LogP contribution in [0.25, 0.3) is 0 Å². The molecule has 20 heavy (non-hydrogen) atoms. The molecule has 1 nitrogen and oxygen atoms in total. The van der Waals surface area contributed by atoms with Gasteiger partial charge in [-0.2, -0.15) is 13.2 Å². The molecule has 0 heterocycles. The van der Waals surface area contributed by atoms with Gasteiger partial charge in [-0.3, -0.25) is 0 Å². The van der Waals surface area contributed by atoms with Crippen molar-refractivity contribution in [3.63, 3.8) is 0 Å². The van der Waals surface area contributed by atoms with E-state index in [9.17, 15) is 13.2 Å². The lowest BCUT2D eigenvalue weighted by Crippen LogP contribution is -2.03. The quantitative estimate of drug-likeness (QED) is 0.818. The van der Waals surface area contributed by atoms with Crippen LogP contribution < -0.4 is 0 Å². The SMILES string of the molecule is OCc1ccc(Sc2ccc(C(F)(F)F)cc2)cc1Br. The summed E-state index contributed by atoms with van der Waals surface area (Å²) in [6, 6.07) is 10.4. The van der Waals surface area contributed by atoms with Gasteiger partial charge in [-0.1, -0.05) is 33.8 Å². The van der Waals surface area contributed by atoms with Gasteiger partial charge in [-0.15, -0.1) is 0 Å². The second-order valence-electron chi connectivity index (χ2n) is 4.04. The Morgan fingerprint density at radius 3 is 2.10 bits per heavy atom. The van der Waals surface area contributed by atoms with Crippen molar-refractivity contribution in [3.8, 4) is 0 Å². The highest BCUT2D eigenvalue weighted by Crippen LogP contribution is 2.34. The van der Waals surface area contributed by atoms with Crippen LogP contribution >= 0.6 is 27.7 Å². The Hall–Kier alpha value is -0.980. The second kappa shape index (κ2) is 6.20. The largest absolute Gasteiger partial charge is 0.416 e. The molecular formula is C14H10BrF3OS. The number of hydrogen-bond acceptors (Lipinski definition) is 2. The molecule has 0 saturated heterocycles. The highest BCUT2D eigenvalue weighted by Gasteiger charge is 2.29. The van der Waals surface area contributed by atoms with E-state index in [1.54, 1.807) is 6.07 Å². The summed E-state index contributed by atoms with van der Waals surface area (Å²) in [4.78, 5) is 1.61. The van der Waals surface area contributed by atoms with E-state index in [4.69, 9.17) is 5.11 Å². The first-order valence-electron chi connectivity index (χ1n) is 5.64. The van der Waals surface area contributed by atoms with E-state index in [-0.39, 0.29) is 6.61 Å². The van der Waals surface area contributed by atoms with Crippen LogP contribution in [0.2, 0.25) is 0 Å². The highest BCUT2D eigenvalue weighted by atomic mass is 79.9. The molecule has 2 aromatic carbocycles. The Bertz CT molecular complexity index is 596. The molecular weight excluding hydrogens is 353 g/mol. The lowest BCUT2D eigenvalue weighted by atomic mass is 10.2. The fourth-order valence-corrected chi connectivity index (χ4v) is 3.08. The Morgan fingerprint density at radius 1 is 1.00 bits per heavy atom. The summed E-state index contributed by atoms with van der Waals surface area (Å²) >= 11 is 4.70. The number of halogens is 4. The molecule has 6 heteroatoms. The lowest BCUT2D eigenvalue weighted by Gasteiger charge is -2.08. The van der Waals surface area contributed by atoms with Gasteiger partial charge in [-0.05, 0) is 42.0 Å². The van der Waals surface area contributed by atoms with E-state index in [0.29, 0.717) is 0 Å². The predicted molar refractivity (Wildman–Crippen MR) is 75.6 cm³/mol. The topological polar surface area (TPSA) is 20.2 Å². The summed E-state index contributed by atoms with van der Waals surface area (Å²) in [7, 11) is 0. The number of alkyl halides is 3. The molecule has 0 aliphatic carbocycles. The van der Waals surface area contributed by atoms with Crippen molar-refractivity contribution in [3.05, 3.63) is 58.1 Å². The van der Waals surface area contributed by atoms with Crippen molar-refractivity contribution in [2.75, 3.05) is 0 Å². The zero-order chi connectivity index (χ0) is 14.8. The maximum atomic E-state index is 12.4. The fourth-order valence-electron chi connectivity index (χ4n) is 1.57. The number of rotatable bonds is 3. The van der Waals surface area contributed by atoms with Crippen molar-refractivity contribution in [1.82, 2.24) is 0 Å². The number of aliphatic hydroxyl groups excluding tert-OH is 1. The Kier molecular flexibility index (Phi) is 4.78. The van der Waals surface area contributed by atoms with Gasteiger partial charge in [0, 0.05) is 14.3 Å². The summed E-state index contributed by atoms with van der Waals surface area (Å²) in [5.74, 6) is 0. The molecule has 0 saturated carbocycles. The van der Waals surface area contributed by atoms with Crippen molar-refractivity contribution in [2.45, 2.75) is 22.6 Å². The van der Waals surface area contributed by atoms with Gasteiger partial charge in [-0.25, -0.2) is 0 Å². The minimum atomic E-state index is -4.31. The number of hydrogen-bond donors (Lipinski definition) is 1. The molecule has 0 atom stereocenters. The van der Waals surface area contributed by atoms with Crippen LogP contribution in [0, 0.1) is 0 Å². The maximum absolute atomic E-state index is 12.4. The van der Waals surface area contributed by atoms with Gasteiger partial charge < -0.3 is 5.11 Å². The van der Waals surface area contributed by atoms with Crippen molar-refractivity contribution >= 4 is 27.7 Å². The summed E-state index contributed by atoms with van der Waals surface area (Å²) in [6.45, 7) is -0.0637. The van der Waals surface area contributed by atoms with Gasteiger partial charge in [0.1, 0.15) is 0 Å². The first-order chi connectivity index (χ1) is 9.40. The van der Waals surface area contributed by atoms with E-state index in [1.165, 1.54) is 23.9 Å². The molecule has 0 amide bonds. The normalized spacial score (nSPS) is 11.7. The van der Waals surface area contributed by atoms with Gasteiger partial charge in [0.25, 0.3) is 0 Å². The Morgan fingerprint density at radius 2 is 1.60 bits per heavy atom. The van der Waals surface area contributed by atoms with Crippen molar-refractivity contribution in [1.29, 1.82) is 0 Å². The lowest BCUT2D eigenvalue weighted by molar-refractivity contribution is -0.137. The molecule has 0 spiro atoms. The standard InChI is InChI=1S/C14H10BrF3OS/c15-13-7-12(4-1-9(13)8-19)20-11-5-2-10(3-6-11)14(16,17)18/h1-7,19H,8H2. The molecule has 0 radical (unpaired) electrons. The van der Waals surface area contributed by atoms with Crippen LogP contribution in [-0.2, 0) is 12.8 Å². The average Bonchev–Trinajstić information content (AvgIpc) is 2.38. The average molecular weight is 363 g/mol. The Balaban J connectivity index is 2.16. The van der Waals surface area contributed by atoms with Crippen LogP contribution in [0.3, 0.4) is 0 Å². The second-order valence-corrected chi connectivity index (χ2v) is 6.04. The maximum Gasteiger partial charge on any atom is 0.416 e. The molecule has 0 fully saturated rings. The number of benzene rings is 2. The zero-order valence-electron chi connectivity index (χ0n) is 10.1. The summed E-state index contributed by atoms with van der Waals surface area (Å²) in [5.41, 5.74) is 0.112. The van der Waals surface area contributed by atoms with Crippen LogP contribution in [0.15, 0.2) is 56.7 Å². The number of aliphatic hydroxyl groups is 1. The van der Waals surface area contributed by atoms with Crippen LogP contribution in [-0.4, -0.2) is 5.11 Å². The molecule has 0 aliphatic heterocycles. The molecule has 0 bridgehead atoms. The summed E-state index contributed by atoms with van der Waals surface area (Å²) in [5, 5.41) is 9.06. The van der Waals surface area contributed by atoms with E-state index in [0.717, 1.165) is 32.0 Å². The molecule has 2 rings (SSSR count). The summed E-state index contributed by atoms with van der Waals surface area (Å²) < 4.78 is 38.1. The van der Waals surface area contributed by atoms with Crippen molar-refractivity contribution in [2.24, 2.45) is 0 Å². The first kappa shape index (κ1) is 15.4. The minimum absolute atomic E-state index is 0.0637. The summed E-state index contributed by atoms with van der Waals surface area (Å²) in [6.07, 6.45) is -4.31. The predicted octanol–water partition coefficient (Wildman–Crippen LogP) is 5.11. The first-order valence-corrected chi connectivity index (χ1v) is 7.25. The third-order valence-electron chi connectivity index (χ3n) is 2.61. The minimum Gasteiger partial charge on any atom is -0.392 e. The van der Waals surface area contributed by atoms with Gasteiger partial charge in [0.15, 0.2) is 0 Å². The van der Waals surface area contributed by atoms with Crippen LogP contribution in [0.4, 0.5) is 13.2 Å². The van der Waals surface area contributed by atoms with Gasteiger partial charge >= 0.3 is 6.18 Å². The van der Waals surface area contributed by atoms with Gasteiger partial charge in [0.2, 0.25) is 0 Å². The fraction of sp³-hybridized carbons (Fsp3) is 0.143. The smallest absolute Gasteiger partial charge is 0.392 e. The Labute approximate surface area is 126 Å². The molecule has 0 aliphatic rings. The molecule has 106 valence electrons. The van der Waals surface area contributed by atoms with E-state index in [2.05, 4.69) is 15.9 Å². The van der Waals surface area contributed by atoms with Crippen LogP contribution in [0.1, 0.15) is 11.1 Å². The van der Waals surface area contributed by atoms with Gasteiger partial charge in [0.05, 0.1) is 12.2 Å². The monoisotopic (exact) mass is 362 g/mol. The van der Waals surface area contributed by atoms with Crippen LogP contribution in [0.5, 0.6) is 0 Å². The highest BCUT2D eigenvalue weighted by molar-refractivity contribution is 9.10. The van der Waals surface area contributed by atoms with Crippen molar-refractivity contribution < 1.29 is 18.3 Å². The zero-order valence-corrected chi connectivity index (χ0v) is 12.5. The molecule has 2 aromatic rings. The van der Waals surface area contributed by atoms with E-state index in [1.807, 2.05) is 12.1 Å². The third kappa shape index (κ3) is 3.77. The molecule has 0 unspecified atom stereocenters. The van der Waals surface area contributed by atoms with E-state index >= 15 is 0 Å². The molecule has 0 aromatic heterocycles. The van der Waals surface area contributed by atoms with E-state index < -0.39 is 11.7 Å². The third-order valence-corrected chi connectivity index (χ3v) is 4.35.